The molecule has 0 spiro atoms. The van der Waals surface area contributed by atoms with Crippen molar-refractivity contribution in [2.75, 3.05) is 7.11 Å². The first kappa shape index (κ1) is 77.8. The number of aromatic nitrogens is 16. The van der Waals surface area contributed by atoms with Gasteiger partial charge < -0.3 is 25.1 Å². The molecule has 8 rings (SSSR count). The second-order valence-electron chi connectivity index (χ2n) is 31.6. The number of ketones is 2. The number of hydrogen-bond acceptors (Lipinski definition) is 17. The molecule has 0 unspecified atom stereocenters. The Morgan fingerprint density at radius 2 is 0.692 bits per heavy atom. The van der Waals surface area contributed by atoms with Crippen LogP contribution in [0.15, 0.2) is 80.2 Å². The molecular weight excluding hydrogens is 1320 g/mol. The zero-order valence-corrected chi connectivity index (χ0v) is 61.6. The van der Waals surface area contributed by atoms with Crippen LogP contribution in [-0.2, 0) is 73.9 Å². The van der Waals surface area contributed by atoms with Gasteiger partial charge in [-0.15, -0.1) is 0 Å². The van der Waals surface area contributed by atoms with Crippen LogP contribution in [0.25, 0.3) is 34.6 Å². The minimum absolute atomic E-state index is 0. The Balaban J connectivity index is 0.000000297. The molecule has 20 nitrogen and oxygen atoms in total. The van der Waals surface area contributed by atoms with Crippen LogP contribution in [0.5, 0.6) is 0 Å². The van der Waals surface area contributed by atoms with Crippen LogP contribution in [0.4, 0.5) is 0 Å². The van der Waals surface area contributed by atoms with Crippen molar-refractivity contribution < 1.29 is 40.2 Å². The van der Waals surface area contributed by atoms with E-state index in [9.17, 15) is 14.4 Å². The number of methoxy groups -OCH3 is 1. The fourth-order valence-corrected chi connectivity index (χ4v) is 7.17. The maximum atomic E-state index is 11.9. The minimum Gasteiger partial charge on any atom is -0.572 e. The molecule has 0 radical (unpaired) electrons. The summed E-state index contributed by atoms with van der Waals surface area (Å²) in [7, 11) is 1.31. The van der Waals surface area contributed by atoms with Gasteiger partial charge in [-0.1, -0.05) is 210 Å². The van der Waals surface area contributed by atoms with Crippen molar-refractivity contribution in [1.29, 1.82) is 0 Å². The Morgan fingerprint density at radius 1 is 0.396 bits per heavy atom. The molecule has 0 aliphatic carbocycles. The summed E-state index contributed by atoms with van der Waals surface area (Å²) in [4.78, 5) is 77.2. The minimum atomic E-state index is -0.513. The largest absolute Gasteiger partial charge is 2.00 e. The summed E-state index contributed by atoms with van der Waals surface area (Å²) >= 11 is 0. The van der Waals surface area contributed by atoms with Crippen molar-refractivity contribution >= 4 is 17.5 Å². The molecule has 8 heterocycles. The van der Waals surface area contributed by atoms with E-state index in [1.165, 1.54) is 7.11 Å². The van der Waals surface area contributed by atoms with E-state index in [-0.39, 0.29) is 94.0 Å². The second-order valence-corrected chi connectivity index (χ2v) is 31.6. The molecule has 0 amide bonds. The van der Waals surface area contributed by atoms with Crippen molar-refractivity contribution in [2.45, 2.75) is 237 Å². The van der Waals surface area contributed by atoms with Gasteiger partial charge in [0.15, 0.2) is 11.6 Å². The predicted octanol–water partition coefficient (Wildman–Crippen LogP) is 14.2. The first-order chi connectivity index (χ1) is 41.0. The Morgan fingerprint density at radius 3 is 0.945 bits per heavy atom. The summed E-state index contributed by atoms with van der Waals surface area (Å²) in [6, 6.07) is 5.95. The first-order valence-electron chi connectivity index (χ1n) is 30.4. The van der Waals surface area contributed by atoms with E-state index >= 15 is 0 Å². The van der Waals surface area contributed by atoms with Crippen molar-refractivity contribution in [1.82, 2.24) is 80.4 Å². The van der Waals surface area contributed by atoms with E-state index in [0.717, 1.165) is 62.0 Å². The average Bonchev–Trinajstić information content (AvgIpc) is 2.20. The number of ether oxygens (including phenoxy) is 1. The summed E-state index contributed by atoms with van der Waals surface area (Å²) < 4.78 is 4.50. The van der Waals surface area contributed by atoms with Gasteiger partial charge in [0.1, 0.15) is 23.1 Å². The summed E-state index contributed by atoms with van der Waals surface area (Å²) in [5.41, 5.74) is 10.3. The number of nitrogens with one attached hydrogen (secondary N) is 1. The summed E-state index contributed by atoms with van der Waals surface area (Å²) in [5, 5.41) is 24.1. The van der Waals surface area contributed by atoms with Crippen LogP contribution in [0.2, 0.25) is 0 Å². The Kier molecular flexibility index (Phi) is 25.9. The topological polar surface area (TPSA) is 272 Å². The number of carbonyl (C=O) groups is 3. The van der Waals surface area contributed by atoms with Gasteiger partial charge in [-0.25, -0.2) is 54.6 Å². The molecular formula is C70H100N16O4Pt. The first-order valence-corrected chi connectivity index (χ1v) is 30.4. The van der Waals surface area contributed by atoms with Gasteiger partial charge in [-0.3, -0.25) is 14.7 Å². The number of Topliss-reactive ketones (excluding diaryl/α,β-unsaturated/α-hetero) is 2. The summed E-state index contributed by atoms with van der Waals surface area (Å²) in [6.45, 7) is 56.2. The molecule has 8 aromatic rings. The van der Waals surface area contributed by atoms with Gasteiger partial charge in [0.25, 0.3) is 0 Å². The molecule has 91 heavy (non-hydrogen) atoms. The standard InChI is InChI=1S/C15H22N4.2C15H21N4.C15H22N2O2.C10H14N2O2.Pt/c3*1-14(2,3)10-8-16-13(17-9-10)11-7-12(19-18-11)15(4,5)6;1-14(2,3)10-8-16-13(17-9-10)11(18)7-12(19)15(4,5)6;1-10(2,3)7-5-11-8(12-6-7)9(13)14-4;/h7-9H,1-6H3,(H,18,19);2*7-9H,1-6H3;8-9H,7H2,1-6H3;5-6H,1-4H3;/q;2*-1;;;+2. The monoisotopic (exact) mass is 1420 g/mol. The number of nitrogens with zero attached hydrogens (tertiary/aromatic N) is 15. The van der Waals surface area contributed by atoms with E-state index in [0.29, 0.717) is 17.5 Å². The zero-order chi connectivity index (χ0) is 68.4. The van der Waals surface area contributed by atoms with Gasteiger partial charge in [0, 0.05) is 101 Å². The SMILES string of the molecule is CC(C)(C)C(=O)CC(=O)c1ncc(C(C)(C)C)cn1.CC(C)(C)c1cnc(-c2cc(C(C)(C)C)[nH]n2)nc1.CC(C)(C)c1cnc(-c2cc(C(C)(C)C)n[n-]2)nc1.CC(C)(C)c1cnc(-c2cc(C(C)(C)C)n[n-]2)nc1.COC(=O)c1ncc(C(C)(C)C)cn1.[Pt+2]. The molecule has 8 aromatic heterocycles. The normalized spacial score (nSPS) is 12.3. The van der Waals surface area contributed by atoms with Gasteiger partial charge >= 0.3 is 27.0 Å². The molecule has 1 N–H and O–H groups in total. The van der Waals surface area contributed by atoms with E-state index in [1.807, 2.05) is 55.4 Å². The van der Waals surface area contributed by atoms with Crippen LogP contribution < -0.4 is 10.2 Å². The van der Waals surface area contributed by atoms with Crippen LogP contribution in [0.3, 0.4) is 0 Å². The maximum absolute atomic E-state index is 11.9. The van der Waals surface area contributed by atoms with Crippen molar-refractivity contribution in [3.63, 3.8) is 0 Å². The van der Waals surface area contributed by atoms with Crippen molar-refractivity contribution in [2.24, 2.45) is 5.41 Å². The third-order valence-corrected chi connectivity index (χ3v) is 14.1. The third-order valence-electron chi connectivity index (χ3n) is 14.1. The Hall–Kier alpha value is -7.47. The number of aromatic amines is 1. The van der Waals surface area contributed by atoms with Gasteiger partial charge in [-0.2, -0.15) is 5.10 Å². The van der Waals surface area contributed by atoms with E-state index in [2.05, 4.69) is 251 Å². The van der Waals surface area contributed by atoms with Crippen LogP contribution in [-0.4, -0.2) is 94.9 Å². The molecule has 0 bridgehead atoms. The molecule has 494 valence electrons. The molecule has 0 aromatic carbocycles. The van der Waals surface area contributed by atoms with Crippen molar-refractivity contribution in [3.8, 4) is 34.6 Å². The number of esters is 1. The number of hydrogen-bond donors (Lipinski definition) is 1. The average molecular weight is 1420 g/mol. The molecule has 0 saturated carbocycles. The van der Waals surface area contributed by atoms with Gasteiger partial charge in [0.05, 0.1) is 13.5 Å². The maximum Gasteiger partial charge on any atom is 2.00 e. The molecule has 0 saturated heterocycles. The van der Waals surface area contributed by atoms with E-state index in [1.54, 1.807) is 45.6 Å². The fraction of sp³-hybridized carbons (Fsp3) is 0.543. The van der Waals surface area contributed by atoms with Crippen LogP contribution in [0.1, 0.15) is 259 Å². The summed E-state index contributed by atoms with van der Waals surface area (Å²) in [5.74, 6) is 1.23. The molecule has 0 atom stereocenters. The van der Waals surface area contributed by atoms with Gasteiger partial charge in [0.2, 0.25) is 11.6 Å². The Labute approximate surface area is 555 Å². The molecule has 0 fully saturated rings. The van der Waals surface area contributed by atoms with E-state index < -0.39 is 11.4 Å². The zero-order valence-electron chi connectivity index (χ0n) is 59.4. The Bertz CT molecular complexity index is 3330. The number of carbonyl (C=O) groups excluding carboxylic acids is 3. The number of H-pyrrole nitrogens is 1. The molecule has 0 aliphatic rings. The van der Waals surface area contributed by atoms with Crippen LogP contribution in [0, 0.1) is 5.41 Å². The molecule has 0 aliphatic heterocycles. The summed E-state index contributed by atoms with van der Waals surface area (Å²) in [6.07, 6.45) is 17.7. The van der Waals surface area contributed by atoms with Gasteiger partial charge in [-0.05, 0) is 61.0 Å². The predicted molar refractivity (Wildman–Crippen MR) is 355 cm³/mol. The van der Waals surface area contributed by atoms with Crippen LogP contribution >= 0.6 is 0 Å². The smallest absolute Gasteiger partial charge is 0.572 e. The quantitative estimate of drug-likeness (QED) is 0.0882. The van der Waals surface area contributed by atoms with Crippen molar-refractivity contribution in [3.05, 3.63) is 137 Å². The van der Waals surface area contributed by atoms with E-state index in [4.69, 9.17) is 0 Å². The third kappa shape index (κ3) is 23.9. The number of rotatable bonds is 7. The fourth-order valence-electron chi connectivity index (χ4n) is 7.17. The molecule has 21 heteroatoms. The second kappa shape index (κ2) is 30.3.